The Hall–Kier alpha value is -2.46. The van der Waals surface area contributed by atoms with E-state index in [1.807, 2.05) is 18.2 Å². The molecule has 172 valence electrons. The summed E-state index contributed by atoms with van der Waals surface area (Å²) >= 11 is 5.95. The Morgan fingerprint density at radius 2 is 1.75 bits per heavy atom. The molecule has 1 aliphatic heterocycles. The third kappa shape index (κ3) is 5.86. The van der Waals surface area contributed by atoms with Crippen LogP contribution >= 0.6 is 11.6 Å². The van der Waals surface area contributed by atoms with Gasteiger partial charge in [-0.3, -0.25) is 9.69 Å². The Morgan fingerprint density at radius 3 is 2.38 bits per heavy atom. The monoisotopic (exact) mass is 479 g/mol. The zero-order valence-corrected chi connectivity index (χ0v) is 19.5. The van der Waals surface area contributed by atoms with E-state index in [1.54, 1.807) is 4.90 Å². The first-order valence-electron chi connectivity index (χ1n) is 10.2. The number of carbonyl (C=O) groups is 2. The van der Waals surface area contributed by atoms with Crippen molar-refractivity contribution < 1.29 is 22.7 Å². The summed E-state index contributed by atoms with van der Waals surface area (Å²) in [6, 6.07) is 13.9. The molecule has 1 amide bonds. The second-order valence-electron chi connectivity index (χ2n) is 7.49. The van der Waals surface area contributed by atoms with Crippen molar-refractivity contribution in [1.29, 1.82) is 0 Å². The first-order chi connectivity index (χ1) is 15.2. The highest BCUT2D eigenvalue weighted by atomic mass is 35.5. The van der Waals surface area contributed by atoms with Gasteiger partial charge in [0.05, 0.1) is 10.6 Å². The van der Waals surface area contributed by atoms with Gasteiger partial charge in [-0.05, 0) is 37.7 Å². The van der Waals surface area contributed by atoms with E-state index >= 15 is 0 Å². The zero-order chi connectivity index (χ0) is 23.3. The average molecular weight is 480 g/mol. The summed E-state index contributed by atoms with van der Waals surface area (Å²) in [5.41, 5.74) is 1.22. The van der Waals surface area contributed by atoms with Crippen LogP contribution in [0.3, 0.4) is 0 Å². The Labute approximate surface area is 193 Å². The third-order valence-corrected chi connectivity index (χ3v) is 7.19. The van der Waals surface area contributed by atoms with Crippen molar-refractivity contribution in [2.75, 3.05) is 33.2 Å². The Morgan fingerprint density at radius 1 is 1.09 bits per heavy atom. The van der Waals surface area contributed by atoms with E-state index in [2.05, 4.69) is 21.8 Å². The molecule has 3 rings (SSSR count). The number of benzene rings is 2. The fraction of sp³-hybridized carbons (Fsp3) is 0.364. The molecule has 0 aliphatic carbocycles. The summed E-state index contributed by atoms with van der Waals surface area (Å²) in [7, 11) is -2.60. The van der Waals surface area contributed by atoms with Crippen molar-refractivity contribution in [2.24, 2.45) is 0 Å². The van der Waals surface area contributed by atoms with Crippen LogP contribution in [0.4, 0.5) is 0 Å². The summed E-state index contributed by atoms with van der Waals surface area (Å²) in [4.78, 5) is 29.0. The third-order valence-electron chi connectivity index (χ3n) is 5.29. The molecule has 8 nitrogen and oxygen atoms in total. The average Bonchev–Trinajstić information content (AvgIpc) is 2.79. The number of carbonyl (C=O) groups excluding carboxylic acids is 2. The van der Waals surface area contributed by atoms with E-state index in [0.29, 0.717) is 13.1 Å². The topological polar surface area (TPSA) is 96.0 Å². The van der Waals surface area contributed by atoms with E-state index in [-0.39, 0.29) is 21.4 Å². The number of esters is 1. The number of hydrogen-bond donors (Lipinski definition) is 1. The lowest BCUT2D eigenvalue weighted by Gasteiger charge is -2.35. The SMILES string of the molecule is CNS(=O)(=O)c1cc(C(=O)OC(C)C(=O)N2CCN(Cc3ccccc3)CC2)ccc1Cl. The molecule has 0 spiro atoms. The van der Waals surface area contributed by atoms with Gasteiger partial charge in [-0.1, -0.05) is 41.9 Å². The molecule has 0 radical (unpaired) electrons. The molecule has 2 aromatic carbocycles. The number of piperazine rings is 1. The van der Waals surface area contributed by atoms with Gasteiger partial charge in [-0.25, -0.2) is 17.9 Å². The number of ether oxygens (including phenoxy) is 1. The Bertz CT molecular complexity index is 1070. The minimum Gasteiger partial charge on any atom is -0.449 e. The molecule has 1 saturated heterocycles. The minimum atomic E-state index is -3.84. The number of amides is 1. The number of halogens is 1. The van der Waals surface area contributed by atoms with Crippen molar-refractivity contribution in [2.45, 2.75) is 24.5 Å². The maximum absolute atomic E-state index is 12.8. The van der Waals surface area contributed by atoms with Crippen LogP contribution in [0.1, 0.15) is 22.8 Å². The molecular formula is C22H26ClN3O5S. The molecule has 1 aliphatic rings. The van der Waals surface area contributed by atoms with Gasteiger partial charge in [0.15, 0.2) is 6.10 Å². The second-order valence-corrected chi connectivity index (χ2v) is 9.75. The number of nitrogens with zero attached hydrogens (tertiary/aromatic N) is 2. The van der Waals surface area contributed by atoms with Gasteiger partial charge < -0.3 is 9.64 Å². The normalized spacial score (nSPS) is 15.9. The lowest BCUT2D eigenvalue weighted by molar-refractivity contribution is -0.141. The largest absolute Gasteiger partial charge is 0.449 e. The van der Waals surface area contributed by atoms with Gasteiger partial charge >= 0.3 is 5.97 Å². The van der Waals surface area contributed by atoms with Gasteiger partial charge in [-0.15, -0.1) is 0 Å². The van der Waals surface area contributed by atoms with Gasteiger partial charge in [0, 0.05) is 32.7 Å². The first-order valence-corrected chi connectivity index (χ1v) is 12.1. The molecule has 1 N–H and O–H groups in total. The van der Waals surface area contributed by atoms with Crippen molar-refractivity contribution in [3.63, 3.8) is 0 Å². The summed E-state index contributed by atoms with van der Waals surface area (Å²) < 4.78 is 31.6. The van der Waals surface area contributed by atoms with Gasteiger partial charge in [-0.2, -0.15) is 0 Å². The van der Waals surface area contributed by atoms with Crippen LogP contribution in [0.2, 0.25) is 5.02 Å². The number of rotatable bonds is 7. The predicted molar refractivity (Wildman–Crippen MR) is 121 cm³/mol. The molecule has 1 atom stereocenters. The lowest BCUT2D eigenvalue weighted by atomic mass is 10.2. The number of sulfonamides is 1. The van der Waals surface area contributed by atoms with E-state index in [9.17, 15) is 18.0 Å². The van der Waals surface area contributed by atoms with Crippen molar-refractivity contribution in [3.05, 3.63) is 64.7 Å². The van der Waals surface area contributed by atoms with Crippen molar-refractivity contribution >= 4 is 33.5 Å². The fourth-order valence-corrected chi connectivity index (χ4v) is 4.70. The molecule has 0 saturated carbocycles. The fourth-order valence-electron chi connectivity index (χ4n) is 3.45. The Kier molecular flexibility index (Phi) is 7.89. The van der Waals surface area contributed by atoms with Crippen LogP contribution in [0.25, 0.3) is 0 Å². The highest BCUT2D eigenvalue weighted by Crippen LogP contribution is 2.23. The second kappa shape index (κ2) is 10.4. The molecule has 10 heteroatoms. The van der Waals surface area contributed by atoms with Crippen LogP contribution in [0.15, 0.2) is 53.4 Å². The van der Waals surface area contributed by atoms with Crippen LogP contribution in [0, 0.1) is 0 Å². The molecular weight excluding hydrogens is 454 g/mol. The van der Waals surface area contributed by atoms with Crippen molar-refractivity contribution in [1.82, 2.24) is 14.5 Å². The maximum atomic E-state index is 12.8. The predicted octanol–water partition coefficient (Wildman–Crippen LogP) is 2.14. The smallest absolute Gasteiger partial charge is 0.338 e. The van der Waals surface area contributed by atoms with Crippen LogP contribution in [-0.4, -0.2) is 69.4 Å². The standard InChI is InChI=1S/C22H26ClN3O5S/c1-16(31-22(28)18-8-9-19(23)20(14-18)32(29,30)24-2)21(27)26-12-10-25(11-13-26)15-17-6-4-3-5-7-17/h3-9,14,16,24H,10-13,15H2,1-2H3. The summed E-state index contributed by atoms with van der Waals surface area (Å²) in [6.45, 7) is 4.87. The Balaban J connectivity index is 1.57. The van der Waals surface area contributed by atoms with E-state index in [0.717, 1.165) is 25.7 Å². The van der Waals surface area contributed by atoms with Gasteiger partial charge in [0.2, 0.25) is 10.0 Å². The number of nitrogens with one attached hydrogen (secondary N) is 1. The molecule has 1 unspecified atom stereocenters. The minimum absolute atomic E-state index is 0.00412. The van der Waals surface area contributed by atoms with E-state index < -0.39 is 22.1 Å². The molecule has 1 heterocycles. The number of hydrogen-bond acceptors (Lipinski definition) is 6. The molecule has 2 aromatic rings. The van der Waals surface area contributed by atoms with Gasteiger partial charge in [0.1, 0.15) is 4.90 Å². The molecule has 32 heavy (non-hydrogen) atoms. The van der Waals surface area contributed by atoms with Crippen molar-refractivity contribution in [3.8, 4) is 0 Å². The molecule has 1 fully saturated rings. The zero-order valence-electron chi connectivity index (χ0n) is 18.0. The lowest BCUT2D eigenvalue weighted by Crippen LogP contribution is -2.51. The molecule has 0 bridgehead atoms. The van der Waals surface area contributed by atoms with Crippen LogP contribution < -0.4 is 4.72 Å². The summed E-state index contributed by atoms with van der Waals surface area (Å²) in [5, 5.41) is -0.0200. The maximum Gasteiger partial charge on any atom is 0.338 e. The summed E-state index contributed by atoms with van der Waals surface area (Å²) in [6.07, 6.45) is -0.997. The highest BCUT2D eigenvalue weighted by molar-refractivity contribution is 7.89. The van der Waals surface area contributed by atoms with Crippen LogP contribution in [0.5, 0.6) is 0 Å². The quantitative estimate of drug-likeness (QED) is 0.611. The first kappa shape index (κ1) is 24.2. The van der Waals surface area contributed by atoms with Gasteiger partial charge in [0.25, 0.3) is 5.91 Å². The van der Waals surface area contributed by atoms with E-state index in [4.69, 9.17) is 16.3 Å². The molecule has 0 aromatic heterocycles. The van der Waals surface area contributed by atoms with E-state index in [1.165, 1.54) is 31.7 Å². The van der Waals surface area contributed by atoms with Crippen LogP contribution in [-0.2, 0) is 26.1 Å². The summed E-state index contributed by atoms with van der Waals surface area (Å²) in [5.74, 6) is -1.08. The highest BCUT2D eigenvalue weighted by Gasteiger charge is 2.28.